The maximum Gasteiger partial charge on any atom is 0.318 e. The van der Waals surface area contributed by atoms with Crippen molar-refractivity contribution in [2.45, 2.75) is 30.8 Å². The molecule has 3 aliphatic rings. The molecule has 3 aliphatic heterocycles. The van der Waals surface area contributed by atoms with Gasteiger partial charge in [-0.2, -0.15) is 0 Å². The van der Waals surface area contributed by atoms with Crippen LogP contribution in [0.1, 0.15) is 30.0 Å². The van der Waals surface area contributed by atoms with Gasteiger partial charge in [0.1, 0.15) is 5.75 Å². The van der Waals surface area contributed by atoms with E-state index in [0.29, 0.717) is 13.1 Å². The first-order valence-electron chi connectivity index (χ1n) is 9.72. The van der Waals surface area contributed by atoms with Gasteiger partial charge in [-0.3, -0.25) is 4.90 Å². The Balaban J connectivity index is 1.56. The number of sulfonamides is 1. The summed E-state index contributed by atoms with van der Waals surface area (Å²) in [6.45, 7) is 3.16. The van der Waals surface area contributed by atoms with Gasteiger partial charge in [0.2, 0.25) is 10.0 Å². The number of methoxy groups -OCH3 is 1. The Morgan fingerprint density at radius 3 is 2.93 bits per heavy atom. The van der Waals surface area contributed by atoms with Gasteiger partial charge in [0.25, 0.3) is 0 Å². The third-order valence-corrected chi connectivity index (χ3v) is 7.07. The second-order valence-electron chi connectivity index (χ2n) is 8.02. The summed E-state index contributed by atoms with van der Waals surface area (Å²) in [5, 5.41) is 2.99. The normalized spacial score (nSPS) is 27.4. The highest BCUT2D eigenvalue weighted by Crippen LogP contribution is 2.44. The highest BCUT2D eigenvalue weighted by molar-refractivity contribution is 7.88. The van der Waals surface area contributed by atoms with Crippen LogP contribution < -0.4 is 14.8 Å². The lowest BCUT2D eigenvalue weighted by Crippen LogP contribution is -2.57. The molecule has 1 spiro atoms. The Morgan fingerprint density at radius 2 is 2.18 bits per heavy atom. The summed E-state index contributed by atoms with van der Waals surface area (Å²) in [7, 11) is -1.58. The van der Waals surface area contributed by atoms with Crippen LogP contribution in [0.3, 0.4) is 0 Å². The predicted octanol–water partition coefficient (Wildman–Crippen LogP) is 0.701. The number of rotatable bonds is 5. The second-order valence-corrected chi connectivity index (χ2v) is 9.85. The zero-order chi connectivity index (χ0) is 19.9. The molecule has 154 valence electrons. The van der Waals surface area contributed by atoms with Gasteiger partial charge in [-0.1, -0.05) is 6.07 Å². The molecule has 2 unspecified atom stereocenters. The molecule has 2 fully saturated rings. The van der Waals surface area contributed by atoms with Crippen LogP contribution in [0.5, 0.6) is 5.75 Å². The molecule has 8 nitrogen and oxygen atoms in total. The second kappa shape index (κ2) is 7.20. The fraction of sp³-hybridized carbons (Fsp3) is 0.632. The number of benzene rings is 1. The Bertz CT molecular complexity index is 875. The third-order valence-electron chi connectivity index (χ3n) is 6.34. The van der Waals surface area contributed by atoms with Crippen molar-refractivity contribution in [1.82, 2.24) is 19.8 Å². The van der Waals surface area contributed by atoms with Gasteiger partial charge in [-0.25, -0.2) is 17.9 Å². The van der Waals surface area contributed by atoms with Crippen molar-refractivity contribution in [1.29, 1.82) is 0 Å². The smallest absolute Gasteiger partial charge is 0.318 e. The van der Waals surface area contributed by atoms with Crippen LogP contribution >= 0.6 is 0 Å². The molecule has 0 radical (unpaired) electrons. The van der Waals surface area contributed by atoms with Gasteiger partial charge in [-0.15, -0.1) is 0 Å². The van der Waals surface area contributed by atoms with E-state index in [-0.39, 0.29) is 24.2 Å². The number of ether oxygens (including phenoxy) is 1. The fourth-order valence-electron chi connectivity index (χ4n) is 4.92. The molecule has 2 atom stereocenters. The first-order valence-corrected chi connectivity index (χ1v) is 11.6. The number of piperidine rings is 1. The zero-order valence-corrected chi connectivity index (χ0v) is 17.2. The van der Waals surface area contributed by atoms with E-state index in [1.165, 1.54) is 11.1 Å². The molecule has 0 saturated carbocycles. The largest absolute Gasteiger partial charge is 0.497 e. The van der Waals surface area contributed by atoms with E-state index in [1.54, 1.807) is 7.11 Å². The molecule has 9 heteroatoms. The lowest BCUT2D eigenvalue weighted by molar-refractivity contribution is 0.0311. The van der Waals surface area contributed by atoms with Crippen molar-refractivity contribution in [2.24, 2.45) is 0 Å². The number of nitrogens with zero attached hydrogens (tertiary/aromatic N) is 2. The maximum absolute atomic E-state index is 12.5. The van der Waals surface area contributed by atoms with Gasteiger partial charge in [0.15, 0.2) is 0 Å². The van der Waals surface area contributed by atoms with E-state index in [2.05, 4.69) is 27.1 Å². The minimum atomic E-state index is -3.27. The SMILES string of the molecule is COc1ccc2c(c1)CCN1CCC3(CNC(=O)N3CCNS(C)(=O)=O)CC21. The molecule has 1 aromatic carbocycles. The Hall–Kier alpha value is -1.84. The number of fused-ring (bicyclic) bond motifs is 3. The van der Waals surface area contributed by atoms with Crippen LogP contribution in [-0.2, 0) is 16.4 Å². The molecule has 28 heavy (non-hydrogen) atoms. The summed E-state index contributed by atoms with van der Waals surface area (Å²) in [5.41, 5.74) is 2.37. The average molecular weight is 409 g/mol. The quantitative estimate of drug-likeness (QED) is 0.749. The third kappa shape index (κ3) is 3.58. The van der Waals surface area contributed by atoms with Crippen molar-refractivity contribution >= 4 is 16.1 Å². The van der Waals surface area contributed by atoms with Crippen molar-refractivity contribution in [3.8, 4) is 5.75 Å². The monoisotopic (exact) mass is 408 g/mol. The number of urea groups is 1. The molecule has 0 aromatic heterocycles. The van der Waals surface area contributed by atoms with Gasteiger partial charge >= 0.3 is 6.03 Å². The van der Waals surface area contributed by atoms with E-state index in [4.69, 9.17) is 4.74 Å². The molecular formula is C19H28N4O4S. The fourth-order valence-corrected chi connectivity index (χ4v) is 5.38. The molecular weight excluding hydrogens is 380 g/mol. The molecule has 0 aliphatic carbocycles. The minimum absolute atomic E-state index is 0.102. The van der Waals surface area contributed by atoms with Crippen molar-refractivity contribution in [2.75, 3.05) is 46.1 Å². The van der Waals surface area contributed by atoms with E-state index < -0.39 is 10.0 Å². The molecule has 0 bridgehead atoms. The summed E-state index contributed by atoms with van der Waals surface area (Å²) in [5.74, 6) is 0.879. The van der Waals surface area contributed by atoms with Crippen molar-refractivity contribution in [3.63, 3.8) is 0 Å². The van der Waals surface area contributed by atoms with Crippen LogP contribution in [0.25, 0.3) is 0 Å². The number of hydrogen-bond donors (Lipinski definition) is 2. The van der Waals surface area contributed by atoms with E-state index in [9.17, 15) is 13.2 Å². The minimum Gasteiger partial charge on any atom is -0.497 e. The number of nitrogens with one attached hydrogen (secondary N) is 2. The first kappa shape index (κ1) is 19.5. The van der Waals surface area contributed by atoms with Crippen LogP contribution in [-0.4, -0.2) is 75.9 Å². The molecule has 1 aromatic rings. The number of amides is 2. The summed E-state index contributed by atoms with van der Waals surface area (Å²) < 4.78 is 30.7. The standard InChI is InChI=1S/C19H28N4O4S/c1-27-15-3-4-16-14(11-15)5-8-22-9-6-19(12-17(16)22)13-20-18(24)23(19)10-7-21-28(2,25)26/h3-4,11,17,21H,5-10,12-13H2,1-2H3,(H,20,24). The van der Waals surface area contributed by atoms with Crippen LogP contribution in [0.2, 0.25) is 0 Å². The van der Waals surface area contributed by atoms with Crippen molar-refractivity contribution in [3.05, 3.63) is 29.3 Å². The van der Waals surface area contributed by atoms with Crippen LogP contribution in [0.15, 0.2) is 18.2 Å². The summed E-state index contributed by atoms with van der Waals surface area (Å²) >= 11 is 0. The van der Waals surface area contributed by atoms with Crippen LogP contribution in [0.4, 0.5) is 4.79 Å². The van der Waals surface area contributed by atoms with E-state index in [1.807, 2.05) is 11.0 Å². The average Bonchev–Trinajstić information content (AvgIpc) is 2.96. The molecule has 3 heterocycles. The molecule has 2 saturated heterocycles. The summed E-state index contributed by atoms with van der Waals surface area (Å²) in [6.07, 6.45) is 3.89. The predicted molar refractivity (Wildman–Crippen MR) is 106 cm³/mol. The van der Waals surface area contributed by atoms with Gasteiger partial charge in [-0.05, 0) is 42.5 Å². The lowest BCUT2D eigenvalue weighted by atomic mass is 9.77. The Labute approximate surface area is 166 Å². The molecule has 4 rings (SSSR count). The topological polar surface area (TPSA) is 91.0 Å². The lowest BCUT2D eigenvalue weighted by Gasteiger charge is -2.50. The maximum atomic E-state index is 12.5. The first-order chi connectivity index (χ1) is 13.3. The number of carbonyl (C=O) groups is 1. The summed E-state index contributed by atoms with van der Waals surface area (Å²) in [4.78, 5) is 16.9. The highest BCUT2D eigenvalue weighted by atomic mass is 32.2. The zero-order valence-electron chi connectivity index (χ0n) is 16.4. The van der Waals surface area contributed by atoms with Gasteiger partial charge in [0.05, 0.1) is 18.9 Å². The van der Waals surface area contributed by atoms with Gasteiger partial charge in [0, 0.05) is 38.8 Å². The van der Waals surface area contributed by atoms with Crippen LogP contribution in [0, 0.1) is 0 Å². The molecule has 2 amide bonds. The van der Waals surface area contributed by atoms with Gasteiger partial charge < -0.3 is 15.0 Å². The Kier molecular flexibility index (Phi) is 5.01. The number of carbonyl (C=O) groups excluding carboxylic acids is 1. The van der Waals surface area contributed by atoms with E-state index in [0.717, 1.165) is 44.4 Å². The van der Waals surface area contributed by atoms with Crippen molar-refractivity contribution < 1.29 is 17.9 Å². The summed E-state index contributed by atoms with van der Waals surface area (Å²) in [6, 6.07) is 6.45. The molecule has 2 N–H and O–H groups in total. The number of hydrogen-bond acceptors (Lipinski definition) is 5. The Morgan fingerprint density at radius 1 is 1.36 bits per heavy atom. The van der Waals surface area contributed by atoms with E-state index >= 15 is 0 Å². The highest BCUT2D eigenvalue weighted by Gasteiger charge is 2.50.